The molecule has 86 valence electrons. The first-order valence-electron chi connectivity index (χ1n) is 5.09. The summed E-state index contributed by atoms with van der Waals surface area (Å²) in [5.41, 5.74) is -1.59. The summed E-state index contributed by atoms with van der Waals surface area (Å²) >= 11 is 0. The number of piperidine rings is 1. The zero-order valence-electron chi connectivity index (χ0n) is 8.70. The van der Waals surface area contributed by atoms with Gasteiger partial charge >= 0.3 is 5.97 Å². The van der Waals surface area contributed by atoms with Crippen molar-refractivity contribution >= 4 is 11.9 Å². The molecule has 0 amide bonds. The van der Waals surface area contributed by atoms with Crippen LogP contribution in [0.4, 0.5) is 5.95 Å². The Bertz CT molecular complexity index is 374. The van der Waals surface area contributed by atoms with Crippen molar-refractivity contribution in [3.8, 4) is 0 Å². The highest BCUT2D eigenvalue weighted by atomic mass is 16.4. The van der Waals surface area contributed by atoms with Crippen molar-refractivity contribution < 1.29 is 15.0 Å². The fraction of sp³-hybridized carbons (Fsp3) is 0.500. The van der Waals surface area contributed by atoms with Gasteiger partial charge in [-0.1, -0.05) is 0 Å². The van der Waals surface area contributed by atoms with Crippen molar-refractivity contribution in [3.63, 3.8) is 0 Å². The Morgan fingerprint density at radius 3 is 2.38 bits per heavy atom. The van der Waals surface area contributed by atoms with E-state index in [1.807, 2.05) is 4.90 Å². The summed E-state index contributed by atoms with van der Waals surface area (Å²) in [6.45, 7) is 0.902. The van der Waals surface area contributed by atoms with Crippen LogP contribution >= 0.6 is 0 Å². The van der Waals surface area contributed by atoms with E-state index in [2.05, 4.69) is 9.97 Å². The molecule has 1 aliphatic rings. The van der Waals surface area contributed by atoms with Gasteiger partial charge in [0.1, 0.15) is 0 Å². The van der Waals surface area contributed by atoms with Gasteiger partial charge in [0, 0.05) is 38.3 Å². The van der Waals surface area contributed by atoms with Crippen LogP contribution in [0.1, 0.15) is 12.8 Å². The Balaban J connectivity index is 2.03. The minimum absolute atomic E-state index is 0.195. The molecule has 2 rings (SSSR count). The average molecular weight is 223 g/mol. The molecule has 0 aliphatic carbocycles. The van der Waals surface area contributed by atoms with Gasteiger partial charge in [0.05, 0.1) is 0 Å². The molecular weight excluding hydrogens is 210 g/mol. The van der Waals surface area contributed by atoms with Crippen molar-refractivity contribution in [2.75, 3.05) is 18.0 Å². The van der Waals surface area contributed by atoms with Gasteiger partial charge in [0.25, 0.3) is 0 Å². The number of hydrogen-bond acceptors (Lipinski definition) is 5. The zero-order chi connectivity index (χ0) is 11.6. The monoisotopic (exact) mass is 223 g/mol. The SMILES string of the molecule is O=C(O)C1(O)CCN(c2ncccn2)CC1. The second kappa shape index (κ2) is 4.05. The average Bonchev–Trinajstić information content (AvgIpc) is 2.31. The summed E-state index contributed by atoms with van der Waals surface area (Å²) in [6, 6.07) is 1.72. The molecule has 1 saturated heterocycles. The second-order valence-electron chi connectivity index (χ2n) is 3.87. The third-order valence-electron chi connectivity index (χ3n) is 2.82. The van der Waals surface area contributed by atoms with Crippen molar-refractivity contribution in [1.82, 2.24) is 9.97 Å². The van der Waals surface area contributed by atoms with Crippen LogP contribution in [0.2, 0.25) is 0 Å². The van der Waals surface area contributed by atoms with Crippen LogP contribution in [0.5, 0.6) is 0 Å². The van der Waals surface area contributed by atoms with Crippen molar-refractivity contribution in [2.24, 2.45) is 0 Å². The van der Waals surface area contributed by atoms with Crippen LogP contribution < -0.4 is 4.90 Å². The number of carboxylic acid groups (broad SMARTS) is 1. The summed E-state index contributed by atoms with van der Waals surface area (Å²) in [6.07, 6.45) is 3.67. The quantitative estimate of drug-likeness (QED) is 0.727. The Morgan fingerprint density at radius 1 is 1.31 bits per heavy atom. The Kier molecular flexibility index (Phi) is 2.74. The lowest BCUT2D eigenvalue weighted by atomic mass is 9.92. The largest absolute Gasteiger partial charge is 0.479 e. The highest BCUT2D eigenvalue weighted by molar-refractivity contribution is 5.77. The van der Waals surface area contributed by atoms with Crippen LogP contribution in [0.3, 0.4) is 0 Å². The maximum atomic E-state index is 10.8. The smallest absolute Gasteiger partial charge is 0.335 e. The maximum Gasteiger partial charge on any atom is 0.335 e. The van der Waals surface area contributed by atoms with Crippen molar-refractivity contribution in [3.05, 3.63) is 18.5 Å². The lowest BCUT2D eigenvalue weighted by Gasteiger charge is -2.35. The first-order valence-corrected chi connectivity index (χ1v) is 5.09. The predicted octanol–water partition coefficient (Wildman–Crippen LogP) is -0.108. The lowest BCUT2D eigenvalue weighted by Crippen LogP contribution is -2.49. The normalized spacial score (nSPS) is 19.4. The molecule has 6 nitrogen and oxygen atoms in total. The number of aliphatic carboxylic acids is 1. The third kappa shape index (κ3) is 1.96. The van der Waals surface area contributed by atoms with Gasteiger partial charge in [0.15, 0.2) is 5.60 Å². The molecule has 1 aromatic heterocycles. The molecule has 0 saturated carbocycles. The molecule has 0 aromatic carbocycles. The van der Waals surface area contributed by atoms with Crippen molar-refractivity contribution in [1.29, 1.82) is 0 Å². The number of anilines is 1. The molecule has 0 atom stereocenters. The van der Waals surface area contributed by atoms with E-state index in [0.29, 0.717) is 19.0 Å². The number of carboxylic acids is 1. The van der Waals surface area contributed by atoms with Gasteiger partial charge in [-0.25, -0.2) is 14.8 Å². The molecule has 0 spiro atoms. The summed E-state index contributed by atoms with van der Waals surface area (Å²) < 4.78 is 0. The van der Waals surface area contributed by atoms with E-state index in [-0.39, 0.29) is 12.8 Å². The van der Waals surface area contributed by atoms with Crippen molar-refractivity contribution in [2.45, 2.75) is 18.4 Å². The molecule has 0 bridgehead atoms. The predicted molar refractivity (Wildman–Crippen MR) is 56.1 cm³/mol. The highest BCUT2D eigenvalue weighted by Crippen LogP contribution is 2.24. The summed E-state index contributed by atoms with van der Waals surface area (Å²) in [5, 5.41) is 18.6. The summed E-state index contributed by atoms with van der Waals surface area (Å²) in [5.74, 6) is -0.573. The molecule has 2 heterocycles. The number of carbonyl (C=O) groups is 1. The van der Waals surface area contributed by atoms with Crippen LogP contribution in [-0.2, 0) is 4.79 Å². The molecule has 2 N–H and O–H groups in total. The van der Waals surface area contributed by atoms with Gasteiger partial charge in [-0.2, -0.15) is 0 Å². The summed E-state index contributed by atoms with van der Waals surface area (Å²) in [4.78, 5) is 20.9. The number of aromatic nitrogens is 2. The Hall–Kier alpha value is -1.69. The second-order valence-corrected chi connectivity index (χ2v) is 3.87. The fourth-order valence-corrected chi connectivity index (χ4v) is 1.75. The highest BCUT2D eigenvalue weighted by Gasteiger charge is 2.39. The van der Waals surface area contributed by atoms with E-state index in [0.717, 1.165) is 0 Å². The van der Waals surface area contributed by atoms with Crippen LogP contribution in [0.25, 0.3) is 0 Å². The zero-order valence-corrected chi connectivity index (χ0v) is 8.70. The molecule has 1 aliphatic heterocycles. The molecule has 16 heavy (non-hydrogen) atoms. The molecule has 0 unspecified atom stereocenters. The minimum atomic E-state index is -1.59. The van der Waals surface area contributed by atoms with Gasteiger partial charge < -0.3 is 15.1 Å². The van der Waals surface area contributed by atoms with Crippen LogP contribution in [-0.4, -0.2) is 44.8 Å². The molecular formula is C10H13N3O3. The lowest BCUT2D eigenvalue weighted by molar-refractivity contribution is -0.160. The van der Waals surface area contributed by atoms with E-state index in [1.165, 1.54) is 0 Å². The third-order valence-corrected chi connectivity index (χ3v) is 2.82. The van der Waals surface area contributed by atoms with Crippen LogP contribution in [0, 0.1) is 0 Å². The number of rotatable bonds is 2. The molecule has 1 aromatic rings. The molecule has 6 heteroatoms. The molecule has 1 fully saturated rings. The van der Waals surface area contributed by atoms with Gasteiger partial charge in [-0.15, -0.1) is 0 Å². The standard InChI is InChI=1S/C10H13N3O3/c14-8(15)10(16)2-6-13(7-3-10)9-11-4-1-5-12-9/h1,4-5,16H,2-3,6-7H2,(H,14,15). The van der Waals surface area contributed by atoms with Gasteiger partial charge in [0.2, 0.25) is 5.95 Å². The Labute approximate surface area is 92.6 Å². The minimum Gasteiger partial charge on any atom is -0.479 e. The van der Waals surface area contributed by atoms with E-state index in [9.17, 15) is 9.90 Å². The van der Waals surface area contributed by atoms with E-state index < -0.39 is 11.6 Å². The van der Waals surface area contributed by atoms with Gasteiger partial charge in [-0.05, 0) is 6.07 Å². The first-order chi connectivity index (χ1) is 7.62. The molecule has 0 radical (unpaired) electrons. The van der Waals surface area contributed by atoms with Crippen LogP contribution in [0.15, 0.2) is 18.5 Å². The maximum absolute atomic E-state index is 10.8. The Morgan fingerprint density at radius 2 is 1.88 bits per heavy atom. The van der Waals surface area contributed by atoms with Gasteiger partial charge in [-0.3, -0.25) is 0 Å². The number of nitrogens with zero attached hydrogens (tertiary/aromatic N) is 3. The van der Waals surface area contributed by atoms with E-state index in [1.54, 1.807) is 18.5 Å². The fourth-order valence-electron chi connectivity index (χ4n) is 1.75. The topological polar surface area (TPSA) is 86.5 Å². The first kappa shape index (κ1) is 10.8. The number of aliphatic hydroxyl groups is 1. The number of hydrogen-bond donors (Lipinski definition) is 2. The summed E-state index contributed by atoms with van der Waals surface area (Å²) in [7, 11) is 0. The van der Waals surface area contributed by atoms with E-state index in [4.69, 9.17) is 5.11 Å². The van der Waals surface area contributed by atoms with E-state index >= 15 is 0 Å².